The van der Waals surface area contributed by atoms with Crippen LogP contribution in [0, 0.1) is 0 Å². The van der Waals surface area contributed by atoms with Crippen molar-refractivity contribution < 1.29 is 34.5 Å². The quantitative estimate of drug-likeness (QED) is 0.396. The maximum atomic E-state index is 11.5. The van der Waals surface area contributed by atoms with E-state index in [9.17, 15) is 19.2 Å². The largest absolute Gasteiger partial charge is 0.481 e. The number of carbonyl (C=O) groups is 4. The van der Waals surface area contributed by atoms with Crippen LogP contribution in [0.2, 0.25) is 0 Å². The molecule has 0 saturated carbocycles. The van der Waals surface area contributed by atoms with Crippen LogP contribution >= 0.6 is 0 Å². The summed E-state index contributed by atoms with van der Waals surface area (Å²) in [6.45, 7) is 1.56. The first-order valence-electron chi connectivity index (χ1n) is 6.02. The molecule has 0 aliphatic heterocycles. The predicted octanol–water partition coefficient (Wildman–Crippen LogP) is -0.143. The van der Waals surface area contributed by atoms with Crippen molar-refractivity contribution in [3.63, 3.8) is 0 Å². The Hall–Kier alpha value is -2.32. The summed E-state index contributed by atoms with van der Waals surface area (Å²) in [5.41, 5.74) is 0. The maximum absolute atomic E-state index is 11.5. The van der Waals surface area contributed by atoms with Gasteiger partial charge in [0.05, 0.1) is 0 Å². The molecule has 0 aromatic rings. The molecule has 0 radical (unpaired) electrons. The van der Waals surface area contributed by atoms with E-state index >= 15 is 0 Å². The fraction of sp³-hybridized carbons (Fsp3) is 0.636. The number of carboxylic acid groups (broad SMARTS) is 3. The molecule has 2 unspecified atom stereocenters. The molecule has 9 nitrogen and oxygen atoms in total. The lowest BCUT2D eigenvalue weighted by molar-refractivity contribution is -0.140. The van der Waals surface area contributed by atoms with E-state index in [0.717, 1.165) is 0 Å². The number of aliphatic carboxylic acids is 3. The molecule has 0 aliphatic rings. The molecule has 0 heterocycles. The number of carbonyl (C=O) groups excluding carboxylic acids is 1. The van der Waals surface area contributed by atoms with Gasteiger partial charge in [-0.25, -0.2) is 14.4 Å². The van der Waals surface area contributed by atoms with Crippen molar-refractivity contribution in [3.8, 4) is 0 Å². The highest BCUT2D eigenvalue weighted by Crippen LogP contribution is 2.02. The Balaban J connectivity index is 4.36. The fourth-order valence-electron chi connectivity index (χ4n) is 1.41. The zero-order valence-corrected chi connectivity index (χ0v) is 11.0. The lowest BCUT2D eigenvalue weighted by atomic mass is 10.1. The fourth-order valence-corrected chi connectivity index (χ4v) is 1.41. The second-order valence-electron chi connectivity index (χ2n) is 4.09. The van der Waals surface area contributed by atoms with Gasteiger partial charge in [0.1, 0.15) is 12.1 Å². The maximum Gasteiger partial charge on any atom is 0.326 e. The van der Waals surface area contributed by atoms with Gasteiger partial charge in [-0.3, -0.25) is 4.79 Å². The van der Waals surface area contributed by atoms with Gasteiger partial charge in [0.25, 0.3) is 0 Å². The molecule has 9 heteroatoms. The van der Waals surface area contributed by atoms with Crippen LogP contribution in [0.1, 0.15) is 32.6 Å². The minimum absolute atomic E-state index is 0.0566. The van der Waals surface area contributed by atoms with Crippen molar-refractivity contribution >= 4 is 23.9 Å². The molecule has 20 heavy (non-hydrogen) atoms. The molecule has 5 N–H and O–H groups in total. The summed E-state index contributed by atoms with van der Waals surface area (Å²) in [6, 6.07) is -3.29. The minimum atomic E-state index is -1.31. The van der Waals surface area contributed by atoms with Gasteiger partial charge < -0.3 is 26.0 Å². The Kier molecular flexibility index (Phi) is 7.71. The SMILES string of the molecule is CCC(NC(=O)NC(CCCC(=O)O)C(=O)O)C(=O)O. The zero-order chi connectivity index (χ0) is 15.7. The molecule has 0 aromatic heterocycles. The van der Waals surface area contributed by atoms with Crippen LogP contribution in [0.25, 0.3) is 0 Å². The van der Waals surface area contributed by atoms with E-state index in [2.05, 4.69) is 10.6 Å². The van der Waals surface area contributed by atoms with Gasteiger partial charge in [-0.1, -0.05) is 6.92 Å². The summed E-state index contributed by atoms with van der Waals surface area (Å²) in [7, 11) is 0. The summed E-state index contributed by atoms with van der Waals surface area (Å²) < 4.78 is 0. The van der Waals surface area contributed by atoms with Crippen molar-refractivity contribution in [1.29, 1.82) is 0 Å². The molecule has 0 bridgehead atoms. The topological polar surface area (TPSA) is 153 Å². The Morgan fingerprint density at radius 3 is 1.85 bits per heavy atom. The third-order valence-corrected chi connectivity index (χ3v) is 2.50. The highest BCUT2D eigenvalue weighted by Gasteiger charge is 2.23. The van der Waals surface area contributed by atoms with E-state index in [1.54, 1.807) is 6.92 Å². The smallest absolute Gasteiger partial charge is 0.326 e. The van der Waals surface area contributed by atoms with E-state index in [-0.39, 0.29) is 25.7 Å². The first-order valence-corrected chi connectivity index (χ1v) is 6.02. The summed E-state index contributed by atoms with van der Waals surface area (Å²) in [6.07, 6.45) is -0.0269. The van der Waals surface area contributed by atoms with E-state index in [4.69, 9.17) is 15.3 Å². The molecule has 0 fully saturated rings. The van der Waals surface area contributed by atoms with Crippen LogP contribution in [0.5, 0.6) is 0 Å². The molecule has 0 saturated heterocycles. The number of carboxylic acids is 3. The van der Waals surface area contributed by atoms with Gasteiger partial charge >= 0.3 is 23.9 Å². The number of hydrogen-bond donors (Lipinski definition) is 5. The summed E-state index contributed by atoms with van der Waals surface area (Å²) >= 11 is 0. The van der Waals surface area contributed by atoms with Crippen molar-refractivity contribution in [2.45, 2.75) is 44.7 Å². The highest BCUT2D eigenvalue weighted by molar-refractivity contribution is 5.86. The highest BCUT2D eigenvalue weighted by atomic mass is 16.4. The molecule has 0 spiro atoms. The summed E-state index contributed by atoms with van der Waals surface area (Å²) in [5, 5.41) is 30.3. The van der Waals surface area contributed by atoms with Gasteiger partial charge in [0.2, 0.25) is 0 Å². The predicted molar refractivity (Wildman–Crippen MR) is 66.3 cm³/mol. The number of amides is 2. The van der Waals surface area contributed by atoms with Crippen molar-refractivity contribution in [1.82, 2.24) is 10.6 Å². The first kappa shape index (κ1) is 17.7. The molecular formula is C11H18N2O7. The average Bonchev–Trinajstić information content (AvgIpc) is 2.33. The lowest BCUT2D eigenvalue weighted by Gasteiger charge is -2.17. The molecule has 0 aliphatic carbocycles. The number of rotatable bonds is 9. The molecule has 0 aromatic carbocycles. The Morgan fingerprint density at radius 1 is 0.950 bits per heavy atom. The molecule has 2 atom stereocenters. The van der Waals surface area contributed by atoms with E-state index in [1.165, 1.54) is 0 Å². The third kappa shape index (κ3) is 7.19. The average molecular weight is 290 g/mol. The van der Waals surface area contributed by atoms with Gasteiger partial charge in [-0.2, -0.15) is 0 Å². The van der Waals surface area contributed by atoms with Gasteiger partial charge in [-0.15, -0.1) is 0 Å². The van der Waals surface area contributed by atoms with E-state index in [1.807, 2.05) is 0 Å². The first-order chi connectivity index (χ1) is 9.27. The molecular weight excluding hydrogens is 272 g/mol. The zero-order valence-electron chi connectivity index (χ0n) is 11.0. The monoisotopic (exact) mass is 290 g/mol. The van der Waals surface area contributed by atoms with Crippen LogP contribution in [0.4, 0.5) is 4.79 Å². The van der Waals surface area contributed by atoms with E-state index < -0.39 is 36.0 Å². The van der Waals surface area contributed by atoms with Gasteiger partial charge in [-0.05, 0) is 19.3 Å². The Labute approximate surface area is 115 Å². The van der Waals surface area contributed by atoms with Crippen LogP contribution in [-0.4, -0.2) is 51.3 Å². The summed E-state index contributed by atoms with van der Waals surface area (Å²) in [4.78, 5) is 43.4. The molecule has 114 valence electrons. The number of urea groups is 1. The Morgan fingerprint density at radius 2 is 1.45 bits per heavy atom. The molecule has 2 amide bonds. The van der Waals surface area contributed by atoms with Crippen molar-refractivity contribution in [3.05, 3.63) is 0 Å². The normalized spacial score (nSPS) is 13.1. The Bertz CT molecular complexity index is 383. The third-order valence-electron chi connectivity index (χ3n) is 2.50. The van der Waals surface area contributed by atoms with Gasteiger partial charge in [0, 0.05) is 6.42 Å². The van der Waals surface area contributed by atoms with Crippen LogP contribution in [-0.2, 0) is 14.4 Å². The van der Waals surface area contributed by atoms with Crippen LogP contribution in [0.15, 0.2) is 0 Å². The number of hydrogen-bond acceptors (Lipinski definition) is 4. The van der Waals surface area contributed by atoms with Crippen molar-refractivity contribution in [2.75, 3.05) is 0 Å². The summed E-state index contributed by atoms with van der Waals surface area (Å²) in [5.74, 6) is -3.59. The molecule has 0 rings (SSSR count). The van der Waals surface area contributed by atoms with Gasteiger partial charge in [0.15, 0.2) is 0 Å². The number of nitrogens with one attached hydrogen (secondary N) is 2. The second kappa shape index (κ2) is 8.73. The van der Waals surface area contributed by atoms with E-state index in [0.29, 0.717) is 0 Å². The minimum Gasteiger partial charge on any atom is -0.481 e. The van der Waals surface area contributed by atoms with Crippen LogP contribution < -0.4 is 10.6 Å². The van der Waals surface area contributed by atoms with Crippen LogP contribution in [0.3, 0.4) is 0 Å². The van der Waals surface area contributed by atoms with Crippen molar-refractivity contribution in [2.24, 2.45) is 0 Å². The lowest BCUT2D eigenvalue weighted by Crippen LogP contribution is -2.50. The second-order valence-corrected chi connectivity index (χ2v) is 4.09. The standard InChI is InChI=1S/C11H18N2O7/c1-2-6(9(16)17)12-11(20)13-7(10(18)19)4-3-5-8(14)15/h6-7H,2-5H2,1H3,(H,14,15)(H,16,17)(H,18,19)(H2,12,13,20).